The van der Waals surface area contributed by atoms with Gasteiger partial charge in [0.05, 0.1) is 29.4 Å². The van der Waals surface area contributed by atoms with Crippen molar-refractivity contribution < 1.29 is 0 Å². The van der Waals surface area contributed by atoms with Gasteiger partial charge in [-0.25, -0.2) is 29.4 Å². The highest BCUT2D eigenvalue weighted by molar-refractivity contribution is 5.83. The number of aromatic amines is 1. The Hall–Kier alpha value is -7.93. The van der Waals surface area contributed by atoms with Crippen molar-refractivity contribution >= 4 is 44.4 Å². The summed E-state index contributed by atoms with van der Waals surface area (Å²) in [6, 6.07) is 30.7. The molecule has 0 saturated heterocycles. The Bertz CT molecular complexity index is 3760. The molecule has 0 amide bonds. The summed E-state index contributed by atoms with van der Waals surface area (Å²) in [5.41, 5.74) is 15.2. The lowest BCUT2D eigenvalue weighted by Crippen LogP contribution is -2.16. The van der Waals surface area contributed by atoms with Crippen molar-refractivity contribution in [3.63, 3.8) is 0 Å². The number of rotatable bonds is 0. The smallest absolute Gasteiger partial charge is 0.155 e. The summed E-state index contributed by atoms with van der Waals surface area (Å²) in [6.45, 7) is 47.9. The van der Waals surface area contributed by atoms with Gasteiger partial charge < -0.3 is 22.8 Å². The van der Waals surface area contributed by atoms with Crippen LogP contribution in [0, 0.1) is 12.3 Å². The van der Waals surface area contributed by atoms with Crippen molar-refractivity contribution in [2.24, 2.45) is 12.5 Å². The highest BCUT2D eigenvalue weighted by Crippen LogP contribution is 2.31. The lowest BCUT2D eigenvalue weighted by molar-refractivity contribution is 0.469. The minimum Gasteiger partial charge on any atom is -0.361 e. The molecule has 0 bridgehead atoms. The standard InChI is InChI=1S/2C12H16N2.2C11H14N2.C10H13N3.C7H6N2.C5H12.C2H6/c1-12(2,3)10-5-7-13-11-9(10)6-8-14(11)4;1-9-11(12(2,3)4)14-8-6-5-7-10(14)13-9;1-11(2,3)9-7-13-10-4-5-12-6-8(9)10;1-11(2,3)9-5-4-6-10-12-7-8-13(9)10;1-10(2,3)8-5-4-6-9-11-7-12-13(8)9;1-2-4-9-6-8-5-7(9)3-1;1-5(2,3)4;1-2/h2*5-8H,1-4H3;4-7,13H,1-3H3;4-8H,1-3H3;4-7H,1-3H3;1-6H;1-4H3;1-2H3. The topological polar surface area (TPSA) is 129 Å². The summed E-state index contributed by atoms with van der Waals surface area (Å²) in [6.07, 6.45) is 22.9. The first kappa shape index (κ1) is 65.9. The lowest BCUT2D eigenvalue weighted by atomic mass is 9.86. The average Bonchev–Trinajstić information content (AvgIpc) is 3.75. The van der Waals surface area contributed by atoms with Crippen molar-refractivity contribution in [3.05, 3.63) is 200 Å². The third-order valence-corrected chi connectivity index (χ3v) is 12.9. The maximum Gasteiger partial charge on any atom is 0.155 e. The molecule has 0 aliphatic heterocycles. The van der Waals surface area contributed by atoms with Crippen LogP contribution in [-0.4, -0.2) is 62.3 Å². The highest BCUT2D eigenvalue weighted by Gasteiger charge is 2.23. The van der Waals surface area contributed by atoms with E-state index in [0.29, 0.717) is 5.41 Å². The van der Waals surface area contributed by atoms with Crippen molar-refractivity contribution in [1.29, 1.82) is 0 Å². The maximum atomic E-state index is 4.54. The summed E-state index contributed by atoms with van der Waals surface area (Å²) in [7, 11) is 2.03. The van der Waals surface area contributed by atoms with Gasteiger partial charge in [-0.15, -0.1) is 0 Å². The number of aryl methyl sites for hydroxylation is 2. The molecule has 0 radical (unpaired) electrons. The Balaban J connectivity index is 0.000000179. The predicted octanol–water partition coefficient (Wildman–Crippen LogP) is 17.7. The van der Waals surface area contributed by atoms with Gasteiger partial charge >= 0.3 is 0 Å². The molecule has 0 unspecified atom stereocenters. The van der Waals surface area contributed by atoms with Gasteiger partial charge in [0.15, 0.2) is 5.65 Å². The van der Waals surface area contributed by atoms with Crippen LogP contribution >= 0.6 is 0 Å². The van der Waals surface area contributed by atoms with Gasteiger partial charge in [-0.3, -0.25) is 4.98 Å². The molecule has 1 N–H and O–H groups in total. The van der Waals surface area contributed by atoms with Crippen LogP contribution in [0.25, 0.3) is 44.4 Å². The monoisotopic (exact) mass is 1120 g/mol. The average molecular weight is 1120 g/mol. The molecule has 12 heterocycles. The molecule has 13 nitrogen and oxygen atoms in total. The van der Waals surface area contributed by atoms with E-state index in [0.717, 1.165) is 33.8 Å². The molecule has 0 saturated carbocycles. The summed E-state index contributed by atoms with van der Waals surface area (Å²) >= 11 is 0. The Labute approximate surface area is 495 Å². The Morgan fingerprint density at radius 1 is 0.470 bits per heavy atom. The van der Waals surface area contributed by atoms with Crippen LogP contribution in [0.4, 0.5) is 0 Å². The van der Waals surface area contributed by atoms with Crippen LogP contribution in [-0.2, 0) is 34.1 Å². The second-order valence-corrected chi connectivity index (χ2v) is 27.3. The Morgan fingerprint density at radius 2 is 1.08 bits per heavy atom. The first-order chi connectivity index (χ1) is 38.7. The molecule has 12 rings (SSSR count). The van der Waals surface area contributed by atoms with Crippen molar-refractivity contribution in [1.82, 2.24) is 62.3 Å². The summed E-state index contributed by atoms with van der Waals surface area (Å²) < 4.78 is 10.2. The van der Waals surface area contributed by atoms with E-state index in [1.807, 2.05) is 134 Å². The summed E-state index contributed by atoms with van der Waals surface area (Å²) in [4.78, 5) is 28.7. The van der Waals surface area contributed by atoms with Crippen LogP contribution in [0.15, 0.2) is 166 Å². The van der Waals surface area contributed by atoms with E-state index >= 15 is 0 Å². The maximum absolute atomic E-state index is 4.54. The Morgan fingerprint density at radius 3 is 1.71 bits per heavy atom. The molecule has 83 heavy (non-hydrogen) atoms. The van der Waals surface area contributed by atoms with Crippen LogP contribution < -0.4 is 0 Å². The zero-order valence-electron chi connectivity index (χ0n) is 54.5. The first-order valence-electron chi connectivity index (χ1n) is 29.1. The quantitative estimate of drug-likeness (QED) is 0.160. The summed E-state index contributed by atoms with van der Waals surface area (Å²) in [5, 5.41) is 6.69. The van der Waals surface area contributed by atoms with E-state index in [2.05, 4.69) is 241 Å². The van der Waals surface area contributed by atoms with Crippen LogP contribution in [0.3, 0.4) is 0 Å². The van der Waals surface area contributed by atoms with Crippen molar-refractivity contribution in [2.45, 2.75) is 179 Å². The zero-order chi connectivity index (χ0) is 61.7. The first-order valence-corrected chi connectivity index (χ1v) is 29.1. The number of fused-ring (bicyclic) bond motifs is 6. The molecular weight excluding hydrogens is 1020 g/mol. The number of nitrogens with zero attached hydrogens (tertiary/aromatic N) is 12. The number of hydrogen-bond acceptors (Lipinski definition) is 7. The van der Waals surface area contributed by atoms with Gasteiger partial charge in [0, 0.05) is 107 Å². The number of aromatic nitrogens is 13. The van der Waals surface area contributed by atoms with E-state index in [1.54, 1.807) is 12.7 Å². The number of H-pyrrole nitrogens is 1. The summed E-state index contributed by atoms with van der Waals surface area (Å²) in [5.74, 6) is 0. The van der Waals surface area contributed by atoms with Gasteiger partial charge in [-0.05, 0) is 101 Å². The van der Waals surface area contributed by atoms with E-state index in [1.165, 1.54) is 44.5 Å². The van der Waals surface area contributed by atoms with Crippen LogP contribution in [0.5, 0.6) is 0 Å². The van der Waals surface area contributed by atoms with Crippen molar-refractivity contribution in [2.75, 3.05) is 0 Å². The van der Waals surface area contributed by atoms with E-state index in [-0.39, 0.29) is 27.1 Å². The van der Waals surface area contributed by atoms with Crippen LogP contribution in [0.1, 0.15) is 179 Å². The number of pyridine rings is 6. The SMILES string of the molecule is CC.CC(C)(C)C.CC(C)(C)c1c[nH]c2ccncc12.CC(C)(C)c1cccc2nccn12.CC(C)(C)c1cccc2ncnn12.Cc1nc2ccccn2c1C(C)(C)C.Cn1ccc2c(C(C)(C)C)ccnc21.c1ccn2cncc2c1. The van der Waals surface area contributed by atoms with E-state index in [4.69, 9.17) is 0 Å². The molecule has 12 aromatic rings. The largest absolute Gasteiger partial charge is 0.361 e. The fraction of sp³-hybridized carbons (Fsp3) is 0.414. The molecule has 0 atom stereocenters. The third kappa shape index (κ3) is 18.3. The normalized spacial score (nSPS) is 11.8. The molecule has 0 aliphatic carbocycles. The van der Waals surface area contributed by atoms with Crippen molar-refractivity contribution in [3.8, 4) is 0 Å². The highest BCUT2D eigenvalue weighted by atomic mass is 15.3. The molecule has 0 spiro atoms. The van der Waals surface area contributed by atoms with E-state index < -0.39 is 0 Å². The number of nitrogens with one attached hydrogen (secondary N) is 1. The molecule has 0 aliphatic rings. The molecule has 442 valence electrons. The number of imidazole rings is 3. The fourth-order valence-electron chi connectivity index (χ4n) is 9.26. The van der Waals surface area contributed by atoms with Crippen LogP contribution in [0.2, 0.25) is 0 Å². The molecule has 0 aromatic carbocycles. The molecule has 13 heteroatoms. The van der Waals surface area contributed by atoms with E-state index in [9.17, 15) is 0 Å². The zero-order valence-corrected chi connectivity index (χ0v) is 54.5. The van der Waals surface area contributed by atoms with Gasteiger partial charge in [0.25, 0.3) is 0 Å². The molecule has 12 aromatic heterocycles. The second-order valence-electron chi connectivity index (χ2n) is 27.3. The minimum atomic E-state index is 0.104. The van der Waals surface area contributed by atoms with Gasteiger partial charge in [0.2, 0.25) is 0 Å². The minimum absolute atomic E-state index is 0.104. The fourth-order valence-corrected chi connectivity index (χ4v) is 9.26. The third-order valence-electron chi connectivity index (χ3n) is 12.9. The Kier molecular flexibility index (Phi) is 21.8. The van der Waals surface area contributed by atoms with Gasteiger partial charge in [-0.1, -0.05) is 170 Å². The molecule has 0 fully saturated rings. The van der Waals surface area contributed by atoms with Gasteiger partial charge in [0.1, 0.15) is 23.3 Å². The molecular formula is C70H97N13. The predicted molar refractivity (Wildman–Crippen MR) is 350 cm³/mol. The van der Waals surface area contributed by atoms with Gasteiger partial charge in [-0.2, -0.15) is 5.10 Å². The second kappa shape index (κ2) is 27.4. The number of hydrogen-bond donors (Lipinski definition) is 1. The lowest BCUT2D eigenvalue weighted by Gasteiger charge is -2.20.